The van der Waals surface area contributed by atoms with Gasteiger partial charge in [0.15, 0.2) is 0 Å². The zero-order valence-electron chi connectivity index (χ0n) is 14.8. The van der Waals surface area contributed by atoms with Crippen molar-refractivity contribution in [2.24, 2.45) is 5.73 Å². The molecular weight excluding hydrogens is 322 g/mol. The van der Waals surface area contributed by atoms with Crippen LogP contribution >= 0.6 is 0 Å². The number of imidazole rings is 1. The van der Waals surface area contributed by atoms with E-state index in [1.807, 2.05) is 0 Å². The Kier molecular flexibility index (Phi) is 9.96. The number of hydrogen-bond donors (Lipinski definition) is 4. The molecule has 8 nitrogen and oxygen atoms in total. The van der Waals surface area contributed by atoms with E-state index in [2.05, 4.69) is 27.5 Å². The molecular formula is C17H29N5O3. The zero-order chi connectivity index (χ0) is 18.5. The lowest BCUT2D eigenvalue weighted by Gasteiger charge is -2.15. The van der Waals surface area contributed by atoms with Crippen LogP contribution in [0.4, 0.5) is 0 Å². The van der Waals surface area contributed by atoms with Gasteiger partial charge in [-0.2, -0.15) is 0 Å². The normalized spacial score (nSPS) is 11.7. The van der Waals surface area contributed by atoms with E-state index in [4.69, 9.17) is 5.73 Å². The van der Waals surface area contributed by atoms with Crippen molar-refractivity contribution in [3.63, 3.8) is 0 Å². The van der Waals surface area contributed by atoms with Crippen LogP contribution in [0.3, 0.4) is 0 Å². The monoisotopic (exact) mass is 351 g/mol. The summed E-state index contributed by atoms with van der Waals surface area (Å²) in [5.74, 6) is -1.28. The van der Waals surface area contributed by atoms with E-state index in [9.17, 15) is 14.4 Å². The fraction of sp³-hybridized carbons (Fsp3) is 0.647. The van der Waals surface area contributed by atoms with Crippen LogP contribution < -0.4 is 16.4 Å². The molecule has 1 atom stereocenters. The van der Waals surface area contributed by atoms with Gasteiger partial charge in [0.25, 0.3) is 0 Å². The number of amides is 3. The van der Waals surface area contributed by atoms with Crippen molar-refractivity contribution in [3.05, 3.63) is 18.2 Å². The highest BCUT2D eigenvalue weighted by Crippen LogP contribution is 2.05. The maximum Gasteiger partial charge on any atom is 0.240 e. The number of nitrogens with one attached hydrogen (secondary N) is 3. The van der Waals surface area contributed by atoms with Crippen molar-refractivity contribution in [2.75, 3.05) is 6.54 Å². The predicted octanol–water partition coefficient (Wildman–Crippen LogP) is 0.789. The second-order valence-electron chi connectivity index (χ2n) is 6.07. The van der Waals surface area contributed by atoms with Crippen molar-refractivity contribution >= 4 is 17.7 Å². The zero-order valence-corrected chi connectivity index (χ0v) is 14.8. The molecule has 0 aliphatic carbocycles. The summed E-state index contributed by atoms with van der Waals surface area (Å²) in [6, 6.07) is -0.977. The number of nitrogens with zero attached hydrogens (tertiary/aromatic N) is 1. The number of nitrogens with two attached hydrogens (primary N) is 1. The van der Waals surface area contributed by atoms with Gasteiger partial charge in [-0.05, 0) is 6.42 Å². The van der Waals surface area contributed by atoms with Crippen molar-refractivity contribution in [1.29, 1.82) is 0 Å². The van der Waals surface area contributed by atoms with E-state index < -0.39 is 11.9 Å². The Morgan fingerprint density at radius 3 is 2.60 bits per heavy atom. The second kappa shape index (κ2) is 12.0. The van der Waals surface area contributed by atoms with E-state index in [1.165, 1.54) is 0 Å². The number of unbranched alkanes of at least 4 members (excludes halogenated alkanes) is 4. The maximum atomic E-state index is 11.9. The van der Waals surface area contributed by atoms with E-state index in [-0.39, 0.29) is 18.2 Å². The first-order valence-corrected chi connectivity index (χ1v) is 8.85. The number of carbonyl (C=O) groups is 3. The molecule has 3 amide bonds. The summed E-state index contributed by atoms with van der Waals surface area (Å²) >= 11 is 0. The average Bonchev–Trinajstić information content (AvgIpc) is 3.07. The van der Waals surface area contributed by atoms with E-state index >= 15 is 0 Å². The summed E-state index contributed by atoms with van der Waals surface area (Å²) in [5.41, 5.74) is 6.19. The Morgan fingerprint density at radius 1 is 1.20 bits per heavy atom. The molecule has 1 aromatic rings. The molecule has 1 heterocycles. The van der Waals surface area contributed by atoms with Crippen LogP contribution in [-0.2, 0) is 20.8 Å². The molecule has 0 bridgehead atoms. The van der Waals surface area contributed by atoms with Gasteiger partial charge >= 0.3 is 0 Å². The molecule has 5 N–H and O–H groups in total. The molecule has 0 unspecified atom stereocenters. The third-order valence-corrected chi connectivity index (χ3v) is 3.85. The van der Waals surface area contributed by atoms with Gasteiger partial charge in [-0.15, -0.1) is 0 Å². The van der Waals surface area contributed by atoms with Crippen LogP contribution in [0.5, 0.6) is 0 Å². The molecule has 0 aliphatic rings. The summed E-state index contributed by atoms with van der Waals surface area (Å²) in [4.78, 5) is 42.1. The minimum atomic E-state index is -0.977. The number of carbonyl (C=O) groups excluding carboxylic acids is 3. The van der Waals surface area contributed by atoms with Gasteiger partial charge < -0.3 is 21.4 Å². The number of aromatic nitrogens is 2. The molecule has 0 aliphatic heterocycles. The second-order valence-corrected chi connectivity index (χ2v) is 6.07. The van der Waals surface area contributed by atoms with Gasteiger partial charge in [0.2, 0.25) is 17.7 Å². The predicted molar refractivity (Wildman–Crippen MR) is 94.4 cm³/mol. The summed E-state index contributed by atoms with van der Waals surface area (Å²) in [6.45, 7) is 2.54. The van der Waals surface area contributed by atoms with Crippen LogP contribution in [0.15, 0.2) is 12.5 Å². The average molecular weight is 351 g/mol. The van der Waals surface area contributed by atoms with Gasteiger partial charge in [0.05, 0.1) is 12.7 Å². The third kappa shape index (κ3) is 9.49. The lowest BCUT2D eigenvalue weighted by Crippen LogP contribution is -2.47. The number of primary amides is 1. The Labute approximate surface area is 148 Å². The maximum absolute atomic E-state index is 11.9. The summed E-state index contributed by atoms with van der Waals surface area (Å²) in [5, 5.41) is 5.25. The van der Waals surface area contributed by atoms with E-state index in [0.717, 1.165) is 37.8 Å². The highest BCUT2D eigenvalue weighted by Gasteiger charge is 2.21. The van der Waals surface area contributed by atoms with Crippen molar-refractivity contribution in [2.45, 2.75) is 64.3 Å². The molecule has 0 aromatic carbocycles. The fourth-order valence-corrected chi connectivity index (χ4v) is 2.39. The van der Waals surface area contributed by atoms with E-state index in [0.29, 0.717) is 19.4 Å². The standard InChI is InChI=1S/C17H29N5O3/c1-2-3-4-5-6-7-15(23)22-14(17(18)25)10-16(24)20-9-8-13-11-19-12-21-13/h11-12,14H,2-10H2,1H3,(H2,18,25)(H,19,21)(H,20,24)(H,22,23)/t14-/m1/s1. The van der Waals surface area contributed by atoms with Gasteiger partial charge in [-0.1, -0.05) is 32.6 Å². The van der Waals surface area contributed by atoms with Crippen LogP contribution in [0, 0.1) is 0 Å². The first-order chi connectivity index (χ1) is 12.0. The Morgan fingerprint density at radius 2 is 1.96 bits per heavy atom. The minimum absolute atomic E-state index is 0.153. The molecule has 1 aromatic heterocycles. The summed E-state index contributed by atoms with van der Waals surface area (Å²) in [7, 11) is 0. The topological polar surface area (TPSA) is 130 Å². The lowest BCUT2D eigenvalue weighted by atomic mass is 10.1. The largest absolute Gasteiger partial charge is 0.368 e. The minimum Gasteiger partial charge on any atom is -0.368 e. The van der Waals surface area contributed by atoms with Gasteiger partial charge in [-0.3, -0.25) is 14.4 Å². The van der Waals surface area contributed by atoms with Gasteiger partial charge in [-0.25, -0.2) is 4.98 Å². The van der Waals surface area contributed by atoms with Crippen LogP contribution in [-0.4, -0.2) is 40.3 Å². The molecule has 1 rings (SSSR count). The number of aromatic amines is 1. The lowest BCUT2D eigenvalue weighted by molar-refractivity contribution is -0.130. The first kappa shape index (κ1) is 20.7. The van der Waals surface area contributed by atoms with Crippen molar-refractivity contribution in [1.82, 2.24) is 20.6 Å². The third-order valence-electron chi connectivity index (χ3n) is 3.85. The Hall–Kier alpha value is -2.38. The summed E-state index contributed by atoms with van der Waals surface area (Å²) < 4.78 is 0. The SMILES string of the molecule is CCCCCCCC(=O)N[C@H](CC(=O)NCCc1cnc[nH]1)C(N)=O. The van der Waals surface area contributed by atoms with Gasteiger partial charge in [0, 0.05) is 31.3 Å². The highest BCUT2D eigenvalue weighted by atomic mass is 16.2. The smallest absolute Gasteiger partial charge is 0.240 e. The van der Waals surface area contributed by atoms with E-state index in [1.54, 1.807) is 12.5 Å². The van der Waals surface area contributed by atoms with Gasteiger partial charge in [0.1, 0.15) is 6.04 Å². The number of hydrogen-bond acceptors (Lipinski definition) is 4. The molecule has 0 saturated heterocycles. The van der Waals surface area contributed by atoms with Crippen molar-refractivity contribution in [3.8, 4) is 0 Å². The molecule has 0 radical (unpaired) electrons. The fourth-order valence-electron chi connectivity index (χ4n) is 2.39. The van der Waals surface area contributed by atoms with Crippen LogP contribution in [0.1, 0.15) is 57.6 Å². The molecule has 140 valence electrons. The molecule has 25 heavy (non-hydrogen) atoms. The number of H-pyrrole nitrogens is 1. The molecule has 0 spiro atoms. The Balaban J connectivity index is 2.26. The van der Waals surface area contributed by atoms with Crippen molar-refractivity contribution < 1.29 is 14.4 Å². The summed E-state index contributed by atoms with van der Waals surface area (Å²) in [6.07, 6.45) is 9.20. The first-order valence-electron chi connectivity index (χ1n) is 8.85. The van der Waals surface area contributed by atoms with Crippen LogP contribution in [0.25, 0.3) is 0 Å². The molecule has 8 heteroatoms. The molecule has 0 fully saturated rings. The highest BCUT2D eigenvalue weighted by molar-refractivity contribution is 5.91. The quantitative estimate of drug-likeness (QED) is 0.391. The Bertz CT molecular complexity index is 530. The number of rotatable bonds is 13. The van der Waals surface area contributed by atoms with Crippen LogP contribution in [0.2, 0.25) is 0 Å². The molecule has 0 saturated carbocycles.